The van der Waals surface area contributed by atoms with Gasteiger partial charge in [0, 0.05) is 17.1 Å². The van der Waals surface area contributed by atoms with E-state index in [1.54, 1.807) is 0 Å². The van der Waals surface area contributed by atoms with Gasteiger partial charge in [-0.15, -0.1) is 0 Å². The van der Waals surface area contributed by atoms with Crippen LogP contribution in [0.4, 0.5) is 8.78 Å². The van der Waals surface area contributed by atoms with Crippen molar-refractivity contribution in [2.24, 2.45) is 5.92 Å². The Morgan fingerprint density at radius 3 is 2.67 bits per heavy atom. The zero-order chi connectivity index (χ0) is 17.6. The molecule has 0 radical (unpaired) electrons. The maximum atomic E-state index is 13.0. The molecule has 0 aliphatic carbocycles. The molecule has 3 rings (SSSR count). The maximum Gasteiger partial charge on any atom is 0.387 e. The minimum absolute atomic E-state index is 0.0523. The molecule has 0 saturated carbocycles. The van der Waals surface area contributed by atoms with Gasteiger partial charge in [0.25, 0.3) is 0 Å². The molecular formula is C14H14ClF2NO5S. The summed E-state index contributed by atoms with van der Waals surface area (Å²) in [5.74, 6) is -2.36. The SMILES string of the molecule is O=C(O)C1CC2CCC1N2S(=O)(=O)c1cc(Cl)ccc1OC(F)F. The minimum Gasteiger partial charge on any atom is -0.481 e. The molecule has 2 heterocycles. The van der Waals surface area contributed by atoms with E-state index in [-0.39, 0.29) is 11.4 Å². The van der Waals surface area contributed by atoms with E-state index in [1.165, 1.54) is 6.07 Å². The third-order valence-corrected chi connectivity index (χ3v) is 6.70. The van der Waals surface area contributed by atoms with Gasteiger partial charge in [-0.25, -0.2) is 8.42 Å². The van der Waals surface area contributed by atoms with E-state index in [0.29, 0.717) is 12.8 Å². The molecule has 24 heavy (non-hydrogen) atoms. The molecule has 132 valence electrons. The Bertz CT molecular complexity index is 772. The molecule has 2 aliphatic rings. The normalized spacial score (nSPS) is 26.9. The molecular weight excluding hydrogens is 368 g/mol. The van der Waals surface area contributed by atoms with Crippen LogP contribution in [0, 0.1) is 5.92 Å². The van der Waals surface area contributed by atoms with Gasteiger partial charge < -0.3 is 9.84 Å². The van der Waals surface area contributed by atoms with Crippen molar-refractivity contribution >= 4 is 27.6 Å². The first-order valence-electron chi connectivity index (χ1n) is 7.22. The number of hydrogen-bond acceptors (Lipinski definition) is 4. The second-order valence-corrected chi connectivity index (χ2v) is 8.03. The molecule has 1 aromatic carbocycles. The lowest BCUT2D eigenvalue weighted by molar-refractivity contribution is -0.142. The lowest BCUT2D eigenvalue weighted by atomic mass is 9.89. The average molecular weight is 382 g/mol. The fourth-order valence-corrected chi connectivity index (χ4v) is 5.87. The fraction of sp³-hybridized carbons (Fsp3) is 0.500. The Kier molecular flexibility index (Phi) is 4.43. The van der Waals surface area contributed by atoms with Crippen LogP contribution in [0.25, 0.3) is 0 Å². The predicted molar refractivity (Wildman–Crippen MR) is 79.7 cm³/mol. The number of carboxylic acids is 1. The van der Waals surface area contributed by atoms with Crippen molar-refractivity contribution in [2.75, 3.05) is 0 Å². The molecule has 0 aromatic heterocycles. The van der Waals surface area contributed by atoms with E-state index in [2.05, 4.69) is 4.74 Å². The highest BCUT2D eigenvalue weighted by Gasteiger charge is 2.54. The summed E-state index contributed by atoms with van der Waals surface area (Å²) < 4.78 is 56.5. The predicted octanol–water partition coefficient (Wildman–Crippen LogP) is 2.57. The van der Waals surface area contributed by atoms with Gasteiger partial charge >= 0.3 is 12.6 Å². The number of carboxylic acid groups (broad SMARTS) is 1. The van der Waals surface area contributed by atoms with Crippen molar-refractivity contribution < 1.29 is 31.8 Å². The standard InChI is InChI=1S/C14H14ClF2NO5S/c15-7-1-4-11(23-14(16)17)12(5-7)24(21,22)18-8-2-3-10(18)9(6-8)13(19)20/h1,4-5,8-10,14H,2-3,6H2,(H,19,20). The van der Waals surface area contributed by atoms with Crippen LogP contribution in [0.1, 0.15) is 19.3 Å². The number of benzene rings is 1. The van der Waals surface area contributed by atoms with Crippen molar-refractivity contribution in [2.45, 2.75) is 42.9 Å². The third kappa shape index (κ3) is 2.84. The van der Waals surface area contributed by atoms with Crippen molar-refractivity contribution in [1.29, 1.82) is 0 Å². The summed E-state index contributed by atoms with van der Waals surface area (Å²) in [4.78, 5) is 10.8. The number of aliphatic carboxylic acids is 1. The topological polar surface area (TPSA) is 83.9 Å². The first-order chi connectivity index (χ1) is 11.2. The van der Waals surface area contributed by atoms with Gasteiger partial charge in [-0.3, -0.25) is 4.79 Å². The van der Waals surface area contributed by atoms with Crippen LogP contribution in [0.3, 0.4) is 0 Å². The van der Waals surface area contributed by atoms with Gasteiger partial charge in [0.15, 0.2) is 0 Å². The summed E-state index contributed by atoms with van der Waals surface area (Å²) >= 11 is 5.81. The second kappa shape index (κ2) is 6.12. The number of halogens is 3. The number of hydrogen-bond donors (Lipinski definition) is 1. The number of alkyl halides is 2. The summed E-state index contributed by atoms with van der Waals surface area (Å²) in [6.07, 6.45) is 1.18. The number of carbonyl (C=O) groups is 1. The number of ether oxygens (including phenoxy) is 1. The fourth-order valence-electron chi connectivity index (χ4n) is 3.57. The Labute approximate surface area is 142 Å². The first kappa shape index (κ1) is 17.4. The molecule has 3 atom stereocenters. The smallest absolute Gasteiger partial charge is 0.387 e. The van der Waals surface area contributed by atoms with E-state index in [0.717, 1.165) is 16.4 Å². The molecule has 2 saturated heterocycles. The third-order valence-electron chi connectivity index (χ3n) is 4.47. The van der Waals surface area contributed by atoms with E-state index < -0.39 is 51.3 Å². The molecule has 1 aromatic rings. The van der Waals surface area contributed by atoms with Crippen molar-refractivity contribution in [3.8, 4) is 5.75 Å². The summed E-state index contributed by atoms with van der Waals surface area (Å²) in [6, 6.07) is 2.21. The maximum absolute atomic E-state index is 13.0. The van der Waals surface area contributed by atoms with E-state index in [9.17, 15) is 27.1 Å². The van der Waals surface area contributed by atoms with Crippen molar-refractivity contribution in [1.82, 2.24) is 4.31 Å². The summed E-state index contributed by atoms with van der Waals surface area (Å²) in [7, 11) is -4.21. The highest BCUT2D eigenvalue weighted by atomic mass is 35.5. The molecule has 0 amide bonds. The van der Waals surface area contributed by atoms with Crippen molar-refractivity contribution in [3.63, 3.8) is 0 Å². The number of fused-ring (bicyclic) bond motifs is 2. The lowest BCUT2D eigenvalue weighted by Crippen LogP contribution is -2.38. The van der Waals surface area contributed by atoms with E-state index in [1.807, 2.05) is 0 Å². The van der Waals surface area contributed by atoms with Gasteiger partial charge in [-0.1, -0.05) is 11.6 Å². The van der Waals surface area contributed by atoms with Gasteiger partial charge in [0.05, 0.1) is 5.92 Å². The van der Waals surface area contributed by atoms with Gasteiger partial charge in [-0.2, -0.15) is 13.1 Å². The Balaban J connectivity index is 2.03. The molecule has 2 bridgehead atoms. The molecule has 0 spiro atoms. The molecule has 2 fully saturated rings. The van der Waals surface area contributed by atoms with E-state index >= 15 is 0 Å². The quantitative estimate of drug-likeness (QED) is 0.847. The van der Waals surface area contributed by atoms with Crippen LogP contribution < -0.4 is 4.74 Å². The Morgan fingerprint density at radius 1 is 1.38 bits per heavy atom. The molecule has 10 heteroatoms. The Hall–Kier alpha value is -1.45. The van der Waals surface area contributed by atoms with Gasteiger partial charge in [-0.05, 0) is 37.5 Å². The largest absolute Gasteiger partial charge is 0.481 e. The number of nitrogens with zero attached hydrogens (tertiary/aromatic N) is 1. The van der Waals surface area contributed by atoms with Crippen LogP contribution in [0.15, 0.2) is 23.1 Å². The zero-order valence-corrected chi connectivity index (χ0v) is 13.8. The molecule has 3 unspecified atom stereocenters. The second-order valence-electron chi connectivity index (χ2n) is 5.78. The summed E-state index contributed by atoms with van der Waals surface area (Å²) in [5, 5.41) is 9.29. The molecule has 2 aliphatic heterocycles. The molecule has 6 nitrogen and oxygen atoms in total. The van der Waals surface area contributed by atoms with E-state index in [4.69, 9.17) is 11.6 Å². The highest BCUT2D eigenvalue weighted by molar-refractivity contribution is 7.89. The number of sulfonamides is 1. The number of rotatable bonds is 5. The summed E-state index contributed by atoms with van der Waals surface area (Å²) in [5.41, 5.74) is 0. The van der Waals surface area contributed by atoms with Crippen LogP contribution in [0.2, 0.25) is 5.02 Å². The minimum atomic E-state index is -4.21. The highest BCUT2D eigenvalue weighted by Crippen LogP contribution is 2.46. The van der Waals surface area contributed by atoms with Crippen LogP contribution in [-0.4, -0.2) is 42.5 Å². The van der Waals surface area contributed by atoms with Gasteiger partial charge in [0.1, 0.15) is 10.6 Å². The van der Waals surface area contributed by atoms with Crippen LogP contribution in [0.5, 0.6) is 5.75 Å². The Morgan fingerprint density at radius 2 is 2.08 bits per heavy atom. The summed E-state index contributed by atoms with van der Waals surface area (Å²) in [6.45, 7) is -3.19. The monoisotopic (exact) mass is 381 g/mol. The van der Waals surface area contributed by atoms with Gasteiger partial charge in [0.2, 0.25) is 10.0 Å². The van der Waals surface area contributed by atoms with Crippen LogP contribution in [-0.2, 0) is 14.8 Å². The molecule has 1 N–H and O–H groups in total. The lowest BCUT2D eigenvalue weighted by Gasteiger charge is -2.23. The van der Waals surface area contributed by atoms with Crippen molar-refractivity contribution in [3.05, 3.63) is 23.2 Å². The zero-order valence-electron chi connectivity index (χ0n) is 12.2. The van der Waals surface area contributed by atoms with Crippen LogP contribution >= 0.6 is 11.6 Å². The first-order valence-corrected chi connectivity index (χ1v) is 9.04. The average Bonchev–Trinajstić information content (AvgIpc) is 3.07.